The van der Waals surface area contributed by atoms with E-state index in [4.69, 9.17) is 18.9 Å². The van der Waals surface area contributed by atoms with Crippen LogP contribution in [-0.2, 0) is 9.47 Å². The minimum absolute atomic E-state index is 0.213. The molecule has 2 aliphatic heterocycles. The molecular weight excluding hydrogens is 260 g/mol. The molecule has 0 radical (unpaired) electrons. The van der Waals surface area contributed by atoms with Gasteiger partial charge in [0.25, 0.3) is 0 Å². The highest BCUT2D eigenvalue weighted by Gasteiger charge is 2.20. The first-order valence-corrected chi connectivity index (χ1v) is 6.40. The second kappa shape index (κ2) is 5.56. The van der Waals surface area contributed by atoms with Gasteiger partial charge in [0.2, 0.25) is 6.79 Å². The van der Waals surface area contributed by atoms with E-state index in [-0.39, 0.29) is 12.9 Å². The van der Waals surface area contributed by atoms with Crippen LogP contribution < -0.4 is 9.47 Å². The quantitative estimate of drug-likeness (QED) is 0.915. The van der Waals surface area contributed by atoms with Crippen LogP contribution in [0.5, 0.6) is 11.5 Å². The summed E-state index contributed by atoms with van der Waals surface area (Å²) in [6.07, 6.45) is 4.85. The molecular formula is C15H16O5. The highest BCUT2D eigenvalue weighted by atomic mass is 16.7. The lowest BCUT2D eigenvalue weighted by Gasteiger charge is -2.23. The SMILES string of the molecule is COC1=CC(O)OC(/C=C/c2ccc3c(c2)OCO3)C1. The Balaban J connectivity index is 1.70. The fourth-order valence-electron chi connectivity index (χ4n) is 2.19. The molecule has 1 aromatic carbocycles. The Morgan fingerprint density at radius 2 is 2.15 bits per heavy atom. The topological polar surface area (TPSA) is 57.2 Å². The van der Waals surface area contributed by atoms with E-state index in [1.807, 2.05) is 30.4 Å². The monoisotopic (exact) mass is 276 g/mol. The maximum atomic E-state index is 9.56. The number of hydrogen-bond donors (Lipinski definition) is 1. The van der Waals surface area contributed by atoms with Crippen LogP contribution in [0.2, 0.25) is 0 Å². The standard InChI is InChI=1S/C15H16O5/c1-17-12-7-11(20-15(16)8-12)4-2-10-3-5-13-14(6-10)19-9-18-13/h2-6,8,11,15-16H,7,9H2,1H3/b4-2+. The predicted molar refractivity (Wildman–Crippen MR) is 72.2 cm³/mol. The summed E-state index contributed by atoms with van der Waals surface area (Å²) < 4.78 is 21.1. The molecule has 106 valence electrons. The Morgan fingerprint density at radius 1 is 1.30 bits per heavy atom. The second-order valence-electron chi connectivity index (χ2n) is 4.58. The summed E-state index contributed by atoms with van der Waals surface area (Å²) in [7, 11) is 1.59. The van der Waals surface area contributed by atoms with Crippen molar-refractivity contribution in [2.45, 2.75) is 18.8 Å². The van der Waals surface area contributed by atoms with E-state index >= 15 is 0 Å². The molecule has 0 spiro atoms. The van der Waals surface area contributed by atoms with Gasteiger partial charge in [0, 0.05) is 12.5 Å². The molecule has 0 saturated carbocycles. The van der Waals surface area contributed by atoms with E-state index in [1.165, 1.54) is 0 Å². The first-order valence-electron chi connectivity index (χ1n) is 6.40. The summed E-state index contributed by atoms with van der Waals surface area (Å²) in [5.74, 6) is 2.23. The number of methoxy groups -OCH3 is 1. The van der Waals surface area contributed by atoms with Gasteiger partial charge in [-0.05, 0) is 17.7 Å². The number of benzene rings is 1. The smallest absolute Gasteiger partial charge is 0.231 e. The third-order valence-corrected chi connectivity index (χ3v) is 3.21. The predicted octanol–water partition coefficient (Wildman–Crippen LogP) is 2.07. The highest BCUT2D eigenvalue weighted by molar-refractivity contribution is 5.56. The maximum absolute atomic E-state index is 9.56. The largest absolute Gasteiger partial charge is 0.501 e. The lowest BCUT2D eigenvalue weighted by Crippen LogP contribution is -2.24. The van der Waals surface area contributed by atoms with Gasteiger partial charge >= 0.3 is 0 Å². The molecule has 5 nitrogen and oxygen atoms in total. The molecule has 0 fully saturated rings. The zero-order chi connectivity index (χ0) is 13.9. The molecule has 2 atom stereocenters. The van der Waals surface area contributed by atoms with Crippen LogP contribution >= 0.6 is 0 Å². The zero-order valence-corrected chi connectivity index (χ0v) is 11.1. The molecule has 0 aliphatic carbocycles. The van der Waals surface area contributed by atoms with Gasteiger partial charge in [0.1, 0.15) is 0 Å². The molecule has 2 heterocycles. The van der Waals surface area contributed by atoms with Crippen molar-refractivity contribution in [3.05, 3.63) is 41.7 Å². The molecule has 20 heavy (non-hydrogen) atoms. The van der Waals surface area contributed by atoms with E-state index in [1.54, 1.807) is 13.2 Å². The van der Waals surface area contributed by atoms with Crippen LogP contribution in [0.25, 0.3) is 6.08 Å². The fourth-order valence-corrected chi connectivity index (χ4v) is 2.19. The number of aliphatic hydroxyl groups excluding tert-OH is 1. The van der Waals surface area contributed by atoms with Crippen molar-refractivity contribution in [3.8, 4) is 11.5 Å². The van der Waals surface area contributed by atoms with Gasteiger partial charge in [-0.3, -0.25) is 0 Å². The number of fused-ring (bicyclic) bond motifs is 1. The highest BCUT2D eigenvalue weighted by Crippen LogP contribution is 2.33. The van der Waals surface area contributed by atoms with Crippen LogP contribution in [-0.4, -0.2) is 31.4 Å². The second-order valence-corrected chi connectivity index (χ2v) is 4.58. The first-order chi connectivity index (χ1) is 9.74. The zero-order valence-electron chi connectivity index (χ0n) is 11.1. The van der Waals surface area contributed by atoms with Gasteiger partial charge in [0.05, 0.1) is 19.0 Å². The van der Waals surface area contributed by atoms with Crippen molar-refractivity contribution in [3.63, 3.8) is 0 Å². The summed E-state index contributed by atoms with van der Waals surface area (Å²) in [5.41, 5.74) is 0.987. The summed E-state index contributed by atoms with van der Waals surface area (Å²) >= 11 is 0. The van der Waals surface area contributed by atoms with E-state index in [9.17, 15) is 5.11 Å². The minimum Gasteiger partial charge on any atom is -0.501 e. The Bertz CT molecular complexity index is 549. The molecule has 2 unspecified atom stereocenters. The lowest BCUT2D eigenvalue weighted by molar-refractivity contribution is -0.103. The van der Waals surface area contributed by atoms with Crippen LogP contribution in [0.1, 0.15) is 12.0 Å². The van der Waals surface area contributed by atoms with E-state index in [0.29, 0.717) is 6.42 Å². The summed E-state index contributed by atoms with van der Waals surface area (Å²) in [6.45, 7) is 0.266. The Labute approximate surface area is 117 Å². The third-order valence-electron chi connectivity index (χ3n) is 3.21. The lowest BCUT2D eigenvalue weighted by atomic mass is 10.1. The van der Waals surface area contributed by atoms with E-state index in [0.717, 1.165) is 22.8 Å². The van der Waals surface area contributed by atoms with E-state index < -0.39 is 6.29 Å². The van der Waals surface area contributed by atoms with E-state index in [2.05, 4.69) is 0 Å². The third kappa shape index (κ3) is 2.79. The Kier molecular flexibility index (Phi) is 3.62. The molecule has 1 N–H and O–H groups in total. The molecule has 1 aromatic rings. The van der Waals surface area contributed by atoms with Crippen molar-refractivity contribution in [2.75, 3.05) is 13.9 Å². The first kappa shape index (κ1) is 13.0. The van der Waals surface area contributed by atoms with Crippen LogP contribution in [0.15, 0.2) is 36.1 Å². The summed E-state index contributed by atoms with van der Waals surface area (Å²) in [6, 6.07) is 5.72. The molecule has 0 bridgehead atoms. The molecule has 0 saturated heterocycles. The average Bonchev–Trinajstić information content (AvgIpc) is 2.92. The fraction of sp³-hybridized carbons (Fsp3) is 0.333. The molecule has 3 rings (SSSR count). The minimum atomic E-state index is -0.926. The van der Waals surface area contributed by atoms with Crippen LogP contribution in [0.4, 0.5) is 0 Å². The molecule has 0 aromatic heterocycles. The number of ether oxygens (including phenoxy) is 4. The molecule has 0 amide bonds. The van der Waals surface area contributed by atoms with Gasteiger partial charge in [0.15, 0.2) is 17.8 Å². The Hall–Kier alpha value is -1.98. The summed E-state index contributed by atoms with van der Waals surface area (Å²) in [4.78, 5) is 0. The average molecular weight is 276 g/mol. The van der Waals surface area contributed by atoms with Crippen LogP contribution in [0.3, 0.4) is 0 Å². The Morgan fingerprint density at radius 3 is 3.00 bits per heavy atom. The van der Waals surface area contributed by atoms with Crippen molar-refractivity contribution in [2.24, 2.45) is 0 Å². The van der Waals surface area contributed by atoms with Gasteiger partial charge in [-0.25, -0.2) is 0 Å². The van der Waals surface area contributed by atoms with Crippen molar-refractivity contribution < 1.29 is 24.1 Å². The van der Waals surface area contributed by atoms with Gasteiger partial charge < -0.3 is 24.1 Å². The van der Waals surface area contributed by atoms with Crippen molar-refractivity contribution in [1.82, 2.24) is 0 Å². The van der Waals surface area contributed by atoms with Gasteiger partial charge in [-0.15, -0.1) is 0 Å². The maximum Gasteiger partial charge on any atom is 0.231 e. The summed E-state index contributed by atoms with van der Waals surface area (Å²) in [5, 5.41) is 9.56. The molecule has 2 aliphatic rings. The van der Waals surface area contributed by atoms with Crippen molar-refractivity contribution in [1.29, 1.82) is 0 Å². The number of aliphatic hydroxyl groups is 1. The van der Waals surface area contributed by atoms with Crippen molar-refractivity contribution >= 4 is 6.08 Å². The number of hydrogen-bond acceptors (Lipinski definition) is 5. The normalized spacial score (nSPS) is 24.8. The van der Waals surface area contributed by atoms with Gasteiger partial charge in [-0.2, -0.15) is 0 Å². The van der Waals surface area contributed by atoms with Gasteiger partial charge in [-0.1, -0.05) is 18.2 Å². The number of rotatable bonds is 3. The van der Waals surface area contributed by atoms with Crippen LogP contribution in [0, 0.1) is 0 Å². The molecule has 5 heteroatoms.